The Kier molecular flexibility index (Phi) is 3.76. The van der Waals surface area contributed by atoms with E-state index in [4.69, 9.17) is 0 Å². The number of sulfone groups is 1. The molecule has 0 aliphatic carbocycles. The second-order valence-corrected chi connectivity index (χ2v) is 6.28. The predicted octanol–water partition coefficient (Wildman–Crippen LogP) is 2.05. The van der Waals surface area contributed by atoms with Crippen LogP contribution in [-0.2, 0) is 9.84 Å². The van der Waals surface area contributed by atoms with E-state index in [2.05, 4.69) is 5.32 Å². The minimum Gasteiger partial charge on any atom is -0.507 e. The van der Waals surface area contributed by atoms with Gasteiger partial charge in [0.1, 0.15) is 5.75 Å². The molecule has 0 unspecified atom stereocenters. The maximum Gasteiger partial charge on any atom is 0.259 e. The first-order valence-electron chi connectivity index (χ1n) is 5.77. The van der Waals surface area contributed by atoms with Crippen molar-refractivity contribution in [2.45, 2.75) is 4.90 Å². The Morgan fingerprint density at radius 2 is 1.65 bits per heavy atom. The lowest BCUT2D eigenvalue weighted by molar-refractivity contribution is 0.102. The molecule has 0 fully saturated rings. The monoisotopic (exact) mass is 291 g/mol. The number of benzene rings is 2. The first-order chi connectivity index (χ1) is 9.38. The molecule has 2 aromatic rings. The fraction of sp³-hybridized carbons (Fsp3) is 0.0714. The van der Waals surface area contributed by atoms with Gasteiger partial charge in [-0.1, -0.05) is 12.1 Å². The molecule has 0 spiro atoms. The van der Waals surface area contributed by atoms with Gasteiger partial charge in [0.2, 0.25) is 0 Å². The fourth-order valence-electron chi connectivity index (χ4n) is 1.65. The molecule has 0 bridgehead atoms. The van der Waals surface area contributed by atoms with Gasteiger partial charge < -0.3 is 10.4 Å². The van der Waals surface area contributed by atoms with Gasteiger partial charge in [-0.3, -0.25) is 4.79 Å². The second-order valence-electron chi connectivity index (χ2n) is 4.27. The zero-order chi connectivity index (χ0) is 14.8. The Balaban J connectivity index is 2.19. The summed E-state index contributed by atoms with van der Waals surface area (Å²) in [6, 6.07) is 12.0. The lowest BCUT2D eigenvalue weighted by Gasteiger charge is -2.07. The molecule has 6 heteroatoms. The van der Waals surface area contributed by atoms with E-state index in [1.54, 1.807) is 12.1 Å². The molecule has 0 heterocycles. The van der Waals surface area contributed by atoms with Crippen LogP contribution in [0.4, 0.5) is 5.69 Å². The molecule has 0 atom stereocenters. The Labute approximate surface area is 116 Å². The summed E-state index contributed by atoms with van der Waals surface area (Å²) < 4.78 is 22.6. The van der Waals surface area contributed by atoms with Crippen molar-refractivity contribution in [3.05, 3.63) is 54.1 Å². The van der Waals surface area contributed by atoms with E-state index >= 15 is 0 Å². The minimum absolute atomic E-state index is 0.113. The Morgan fingerprint density at radius 1 is 1.05 bits per heavy atom. The summed E-state index contributed by atoms with van der Waals surface area (Å²) in [6.45, 7) is 0. The van der Waals surface area contributed by atoms with E-state index in [0.717, 1.165) is 6.26 Å². The number of phenols is 1. The summed E-state index contributed by atoms with van der Waals surface area (Å²) in [6.07, 6.45) is 1.11. The van der Waals surface area contributed by atoms with Crippen molar-refractivity contribution in [1.29, 1.82) is 0 Å². The summed E-state index contributed by atoms with van der Waals surface area (Å²) in [5, 5.41) is 12.2. The van der Waals surface area contributed by atoms with Crippen LogP contribution in [0.5, 0.6) is 5.75 Å². The molecule has 2 N–H and O–H groups in total. The average molecular weight is 291 g/mol. The fourth-order valence-corrected chi connectivity index (χ4v) is 2.28. The first kappa shape index (κ1) is 14.1. The Hall–Kier alpha value is -2.34. The first-order valence-corrected chi connectivity index (χ1v) is 7.66. The number of nitrogens with one attached hydrogen (secondary N) is 1. The molecule has 0 aliphatic rings. The number of hydrogen-bond donors (Lipinski definition) is 2. The number of carbonyl (C=O) groups is 1. The topological polar surface area (TPSA) is 83.5 Å². The molecular formula is C14H13NO4S. The van der Waals surface area contributed by atoms with Crippen molar-refractivity contribution in [2.24, 2.45) is 0 Å². The van der Waals surface area contributed by atoms with Gasteiger partial charge in [-0.25, -0.2) is 8.42 Å². The molecule has 5 nitrogen and oxygen atoms in total. The van der Waals surface area contributed by atoms with E-state index in [1.165, 1.54) is 36.4 Å². The maximum absolute atomic E-state index is 11.9. The molecule has 20 heavy (non-hydrogen) atoms. The lowest BCUT2D eigenvalue weighted by atomic mass is 10.2. The molecule has 104 valence electrons. The quantitative estimate of drug-likeness (QED) is 0.906. The number of hydrogen-bond acceptors (Lipinski definition) is 4. The molecule has 0 saturated heterocycles. The van der Waals surface area contributed by atoms with Crippen LogP contribution in [0.2, 0.25) is 0 Å². The van der Waals surface area contributed by atoms with Gasteiger partial charge in [-0.2, -0.15) is 0 Å². The lowest BCUT2D eigenvalue weighted by Crippen LogP contribution is -2.12. The highest BCUT2D eigenvalue weighted by Crippen LogP contribution is 2.19. The molecule has 0 saturated carbocycles. The van der Waals surface area contributed by atoms with Crippen molar-refractivity contribution >= 4 is 21.4 Å². The third-order valence-corrected chi connectivity index (χ3v) is 3.82. The van der Waals surface area contributed by atoms with Crippen molar-refractivity contribution < 1.29 is 18.3 Å². The van der Waals surface area contributed by atoms with Crippen molar-refractivity contribution in [1.82, 2.24) is 0 Å². The predicted molar refractivity (Wildman–Crippen MR) is 75.6 cm³/mol. The summed E-state index contributed by atoms with van der Waals surface area (Å²) in [5.41, 5.74) is 0.602. The van der Waals surface area contributed by atoms with E-state index in [9.17, 15) is 18.3 Å². The summed E-state index contributed by atoms with van der Waals surface area (Å²) in [7, 11) is -3.26. The van der Waals surface area contributed by atoms with Gasteiger partial charge >= 0.3 is 0 Å². The molecule has 2 aromatic carbocycles. The van der Waals surface area contributed by atoms with Crippen LogP contribution < -0.4 is 5.32 Å². The van der Waals surface area contributed by atoms with E-state index in [-0.39, 0.29) is 16.2 Å². The number of carbonyl (C=O) groups excluding carboxylic acids is 1. The van der Waals surface area contributed by atoms with Crippen LogP contribution in [-0.4, -0.2) is 25.7 Å². The van der Waals surface area contributed by atoms with Crippen LogP contribution in [0, 0.1) is 0 Å². The summed E-state index contributed by atoms with van der Waals surface area (Å²) in [4.78, 5) is 12.1. The molecule has 2 rings (SSSR count). The van der Waals surface area contributed by atoms with Crippen molar-refractivity contribution in [2.75, 3.05) is 11.6 Å². The SMILES string of the molecule is CS(=O)(=O)c1ccc(NC(=O)c2ccccc2O)cc1. The molecule has 0 aromatic heterocycles. The summed E-state index contributed by atoms with van der Waals surface area (Å²) in [5.74, 6) is -0.576. The smallest absolute Gasteiger partial charge is 0.259 e. The number of rotatable bonds is 3. The standard InChI is InChI=1S/C14H13NO4S/c1-20(18,19)11-8-6-10(7-9-11)15-14(17)12-4-2-3-5-13(12)16/h2-9,16H,1H3,(H,15,17). The van der Waals surface area contributed by atoms with Gasteiger partial charge in [-0.05, 0) is 36.4 Å². The highest BCUT2D eigenvalue weighted by molar-refractivity contribution is 7.90. The summed E-state index contributed by atoms with van der Waals surface area (Å²) >= 11 is 0. The van der Waals surface area contributed by atoms with Gasteiger partial charge in [0.25, 0.3) is 5.91 Å². The zero-order valence-corrected chi connectivity index (χ0v) is 11.5. The number of aromatic hydroxyl groups is 1. The Bertz CT molecular complexity index is 736. The molecule has 0 aliphatic heterocycles. The maximum atomic E-state index is 11.9. The van der Waals surface area contributed by atoms with Crippen molar-refractivity contribution in [3.63, 3.8) is 0 Å². The third kappa shape index (κ3) is 3.16. The van der Waals surface area contributed by atoms with E-state index in [0.29, 0.717) is 5.69 Å². The van der Waals surface area contributed by atoms with Crippen LogP contribution in [0.25, 0.3) is 0 Å². The molecule has 0 radical (unpaired) electrons. The number of para-hydroxylation sites is 1. The zero-order valence-electron chi connectivity index (χ0n) is 10.7. The van der Waals surface area contributed by atoms with E-state index in [1.807, 2.05) is 0 Å². The average Bonchev–Trinajstić information content (AvgIpc) is 2.38. The number of phenolic OH excluding ortho intramolecular Hbond substituents is 1. The van der Waals surface area contributed by atoms with Gasteiger partial charge in [0.15, 0.2) is 9.84 Å². The molecule has 1 amide bonds. The van der Waals surface area contributed by atoms with E-state index < -0.39 is 15.7 Å². The van der Waals surface area contributed by atoms with Crippen LogP contribution in [0.1, 0.15) is 10.4 Å². The normalized spacial score (nSPS) is 11.1. The number of anilines is 1. The second kappa shape index (κ2) is 5.34. The van der Waals surface area contributed by atoms with Crippen LogP contribution in [0.3, 0.4) is 0 Å². The van der Waals surface area contributed by atoms with Gasteiger partial charge in [-0.15, -0.1) is 0 Å². The minimum atomic E-state index is -3.26. The number of amides is 1. The largest absolute Gasteiger partial charge is 0.507 e. The Morgan fingerprint density at radius 3 is 2.20 bits per heavy atom. The highest BCUT2D eigenvalue weighted by Gasteiger charge is 2.11. The molecular weight excluding hydrogens is 278 g/mol. The van der Waals surface area contributed by atoms with Gasteiger partial charge in [0, 0.05) is 11.9 Å². The van der Waals surface area contributed by atoms with Gasteiger partial charge in [0.05, 0.1) is 10.5 Å². The third-order valence-electron chi connectivity index (χ3n) is 2.69. The van der Waals surface area contributed by atoms with Crippen LogP contribution in [0.15, 0.2) is 53.4 Å². The van der Waals surface area contributed by atoms with Crippen LogP contribution >= 0.6 is 0 Å². The van der Waals surface area contributed by atoms with Crippen molar-refractivity contribution in [3.8, 4) is 5.75 Å². The highest BCUT2D eigenvalue weighted by atomic mass is 32.2.